The molecule has 0 spiro atoms. The van der Waals surface area contributed by atoms with Crippen molar-refractivity contribution >= 4 is 29.2 Å². The standard InChI is InChI=1S/C21H19N3O5/c22-10-9-14-1-4-16(5-2-14)23-20(26)12-29-21(27)13-28-17-6-7-18-15(11-17)3-8-19(25)24-18/h1-2,4-7,11H,3,8-9,12-13H2,(H,23,26)(H,24,25). The van der Waals surface area contributed by atoms with Crippen molar-refractivity contribution in [2.24, 2.45) is 0 Å². The predicted molar refractivity (Wildman–Crippen MR) is 104 cm³/mol. The van der Waals surface area contributed by atoms with Crippen molar-refractivity contribution in [1.29, 1.82) is 5.26 Å². The maximum Gasteiger partial charge on any atom is 0.344 e. The van der Waals surface area contributed by atoms with Crippen molar-refractivity contribution in [3.63, 3.8) is 0 Å². The van der Waals surface area contributed by atoms with Gasteiger partial charge in [-0.2, -0.15) is 5.26 Å². The van der Waals surface area contributed by atoms with E-state index in [-0.39, 0.29) is 12.5 Å². The van der Waals surface area contributed by atoms with Crippen molar-refractivity contribution in [2.75, 3.05) is 23.8 Å². The summed E-state index contributed by atoms with van der Waals surface area (Å²) >= 11 is 0. The smallest absolute Gasteiger partial charge is 0.344 e. The third-order valence-electron chi connectivity index (χ3n) is 4.21. The van der Waals surface area contributed by atoms with E-state index in [4.69, 9.17) is 14.7 Å². The minimum absolute atomic E-state index is 0.0221. The number of nitrogens with one attached hydrogen (secondary N) is 2. The molecule has 2 amide bonds. The molecule has 0 unspecified atom stereocenters. The van der Waals surface area contributed by atoms with Crippen LogP contribution in [0.2, 0.25) is 0 Å². The van der Waals surface area contributed by atoms with Crippen LogP contribution in [0.15, 0.2) is 42.5 Å². The Bertz CT molecular complexity index is 963. The van der Waals surface area contributed by atoms with Crippen molar-refractivity contribution in [2.45, 2.75) is 19.3 Å². The van der Waals surface area contributed by atoms with Crippen molar-refractivity contribution in [3.8, 4) is 11.8 Å². The summed E-state index contributed by atoms with van der Waals surface area (Å²) in [6.07, 6.45) is 1.32. The van der Waals surface area contributed by atoms with Crippen molar-refractivity contribution in [1.82, 2.24) is 0 Å². The van der Waals surface area contributed by atoms with Gasteiger partial charge in [0.05, 0.1) is 12.5 Å². The summed E-state index contributed by atoms with van der Waals surface area (Å²) in [6.45, 7) is -0.764. The van der Waals surface area contributed by atoms with E-state index in [0.717, 1.165) is 16.8 Å². The lowest BCUT2D eigenvalue weighted by Crippen LogP contribution is -2.23. The van der Waals surface area contributed by atoms with Gasteiger partial charge in [0.15, 0.2) is 13.2 Å². The first-order chi connectivity index (χ1) is 14.0. The Kier molecular flexibility index (Phi) is 6.43. The van der Waals surface area contributed by atoms with Gasteiger partial charge in [-0.25, -0.2) is 4.79 Å². The summed E-state index contributed by atoms with van der Waals surface area (Å²) in [7, 11) is 0. The molecule has 0 radical (unpaired) electrons. The molecule has 0 fully saturated rings. The van der Waals surface area contributed by atoms with Crippen LogP contribution in [0.25, 0.3) is 0 Å². The topological polar surface area (TPSA) is 118 Å². The second kappa shape index (κ2) is 9.37. The average Bonchev–Trinajstić information content (AvgIpc) is 2.72. The van der Waals surface area contributed by atoms with Gasteiger partial charge in [0.1, 0.15) is 5.75 Å². The van der Waals surface area contributed by atoms with E-state index in [9.17, 15) is 14.4 Å². The minimum Gasteiger partial charge on any atom is -0.482 e. The zero-order valence-electron chi connectivity index (χ0n) is 15.6. The fraction of sp³-hybridized carbons (Fsp3) is 0.238. The molecular weight excluding hydrogens is 374 g/mol. The predicted octanol–water partition coefficient (Wildman–Crippen LogP) is 2.20. The second-order valence-electron chi connectivity index (χ2n) is 6.40. The van der Waals surface area contributed by atoms with E-state index in [2.05, 4.69) is 10.6 Å². The van der Waals surface area contributed by atoms with Gasteiger partial charge in [-0.15, -0.1) is 0 Å². The maximum atomic E-state index is 11.9. The number of anilines is 2. The average molecular weight is 393 g/mol. The molecule has 148 valence electrons. The Hall–Kier alpha value is -3.86. The monoisotopic (exact) mass is 393 g/mol. The van der Waals surface area contributed by atoms with Gasteiger partial charge in [0.25, 0.3) is 5.91 Å². The zero-order valence-corrected chi connectivity index (χ0v) is 15.6. The third-order valence-corrected chi connectivity index (χ3v) is 4.21. The molecule has 1 heterocycles. The molecule has 1 aliphatic heterocycles. The number of amides is 2. The minimum atomic E-state index is -0.671. The Morgan fingerprint density at radius 1 is 1.10 bits per heavy atom. The van der Waals surface area contributed by atoms with Crippen LogP contribution in [0, 0.1) is 11.3 Å². The first-order valence-corrected chi connectivity index (χ1v) is 9.00. The molecule has 2 aromatic carbocycles. The van der Waals surface area contributed by atoms with Gasteiger partial charge in [0, 0.05) is 17.8 Å². The van der Waals surface area contributed by atoms with E-state index < -0.39 is 18.5 Å². The van der Waals surface area contributed by atoms with Crippen LogP contribution in [0.1, 0.15) is 17.5 Å². The number of fused-ring (bicyclic) bond motifs is 1. The quantitative estimate of drug-likeness (QED) is 0.697. The molecular formula is C21H19N3O5. The van der Waals surface area contributed by atoms with Crippen molar-refractivity contribution < 1.29 is 23.9 Å². The molecule has 0 atom stereocenters. The number of carbonyl (C=O) groups is 3. The van der Waals surface area contributed by atoms with E-state index in [1.807, 2.05) is 6.07 Å². The van der Waals surface area contributed by atoms with Crippen LogP contribution in [-0.2, 0) is 32.0 Å². The summed E-state index contributed by atoms with van der Waals surface area (Å²) in [5, 5.41) is 14.0. The highest BCUT2D eigenvalue weighted by atomic mass is 16.6. The summed E-state index contributed by atoms with van der Waals surface area (Å²) in [5.74, 6) is -0.684. The Balaban J connectivity index is 1.41. The van der Waals surface area contributed by atoms with Gasteiger partial charge >= 0.3 is 5.97 Å². The lowest BCUT2D eigenvalue weighted by molar-refractivity contribution is -0.149. The highest BCUT2D eigenvalue weighted by Gasteiger charge is 2.15. The van der Waals surface area contributed by atoms with E-state index in [1.54, 1.807) is 42.5 Å². The van der Waals surface area contributed by atoms with Gasteiger partial charge in [-0.05, 0) is 47.9 Å². The Morgan fingerprint density at radius 2 is 1.90 bits per heavy atom. The number of benzene rings is 2. The number of esters is 1. The van der Waals surface area contributed by atoms with E-state index in [1.165, 1.54) is 0 Å². The fourth-order valence-corrected chi connectivity index (χ4v) is 2.77. The maximum absolute atomic E-state index is 11.9. The Morgan fingerprint density at radius 3 is 2.66 bits per heavy atom. The van der Waals surface area contributed by atoms with Gasteiger partial charge in [-0.3, -0.25) is 9.59 Å². The van der Waals surface area contributed by atoms with Crippen molar-refractivity contribution in [3.05, 3.63) is 53.6 Å². The van der Waals surface area contributed by atoms with E-state index >= 15 is 0 Å². The number of hydrogen-bond donors (Lipinski definition) is 2. The normalized spacial score (nSPS) is 12.2. The summed E-state index contributed by atoms with van der Waals surface area (Å²) < 4.78 is 10.3. The van der Waals surface area contributed by atoms with Crippen LogP contribution in [0.5, 0.6) is 5.75 Å². The molecule has 0 aliphatic carbocycles. The van der Waals surface area contributed by atoms with Crippen LogP contribution in [-0.4, -0.2) is 31.0 Å². The van der Waals surface area contributed by atoms with Gasteiger partial charge in [0.2, 0.25) is 5.91 Å². The lowest BCUT2D eigenvalue weighted by atomic mass is 10.0. The molecule has 8 nitrogen and oxygen atoms in total. The largest absolute Gasteiger partial charge is 0.482 e. The lowest BCUT2D eigenvalue weighted by Gasteiger charge is -2.17. The first-order valence-electron chi connectivity index (χ1n) is 9.00. The summed E-state index contributed by atoms with van der Waals surface area (Å²) in [4.78, 5) is 35.0. The van der Waals surface area contributed by atoms with E-state index in [0.29, 0.717) is 30.7 Å². The molecule has 1 aliphatic rings. The molecule has 3 rings (SSSR count). The SMILES string of the molecule is N#CCc1ccc(NC(=O)COC(=O)COc2ccc3c(c2)CCC(=O)N3)cc1. The fourth-order valence-electron chi connectivity index (χ4n) is 2.77. The Labute approximate surface area is 167 Å². The summed E-state index contributed by atoms with van der Waals surface area (Å²) in [6, 6.07) is 14.0. The molecule has 8 heteroatoms. The molecule has 0 saturated heterocycles. The molecule has 0 aromatic heterocycles. The van der Waals surface area contributed by atoms with Crippen LogP contribution < -0.4 is 15.4 Å². The molecule has 2 aromatic rings. The first kappa shape index (κ1) is 19.9. The number of nitriles is 1. The molecule has 2 N–H and O–H groups in total. The number of rotatable bonds is 7. The number of nitrogens with zero attached hydrogens (tertiary/aromatic N) is 1. The third kappa shape index (κ3) is 5.81. The molecule has 0 saturated carbocycles. The van der Waals surface area contributed by atoms with Crippen LogP contribution in [0.4, 0.5) is 11.4 Å². The van der Waals surface area contributed by atoms with Crippen LogP contribution in [0.3, 0.4) is 0 Å². The zero-order chi connectivity index (χ0) is 20.6. The van der Waals surface area contributed by atoms with Gasteiger partial charge in [-0.1, -0.05) is 12.1 Å². The summed E-state index contributed by atoms with van der Waals surface area (Å²) in [5.41, 5.74) is 3.08. The number of ether oxygens (including phenoxy) is 2. The number of hydrogen-bond acceptors (Lipinski definition) is 6. The molecule has 0 bridgehead atoms. The number of carbonyl (C=O) groups excluding carboxylic acids is 3. The van der Waals surface area contributed by atoms with Gasteiger partial charge < -0.3 is 20.1 Å². The second-order valence-corrected chi connectivity index (χ2v) is 6.40. The van der Waals surface area contributed by atoms with Crippen LogP contribution >= 0.6 is 0 Å². The highest BCUT2D eigenvalue weighted by molar-refractivity contribution is 5.94. The number of aryl methyl sites for hydroxylation is 1. The molecule has 29 heavy (non-hydrogen) atoms. The highest BCUT2D eigenvalue weighted by Crippen LogP contribution is 2.26.